The van der Waals surface area contributed by atoms with E-state index in [0.29, 0.717) is 22.1 Å². The third-order valence-corrected chi connectivity index (χ3v) is 3.56. The SMILES string of the molecule is C[C@H](N)c1nc2ccc(F)cc2c(=O)n1-c1cccc(Cl)c1. The molecule has 0 radical (unpaired) electrons. The molecule has 0 aliphatic rings. The third kappa shape index (κ3) is 2.49. The minimum Gasteiger partial charge on any atom is -0.322 e. The van der Waals surface area contributed by atoms with Crippen LogP contribution in [0.15, 0.2) is 47.3 Å². The molecule has 22 heavy (non-hydrogen) atoms. The minimum atomic E-state index is -0.488. The first kappa shape index (κ1) is 14.7. The van der Waals surface area contributed by atoms with E-state index in [4.69, 9.17) is 17.3 Å². The Bertz CT molecular complexity index is 921. The predicted molar refractivity (Wildman–Crippen MR) is 84.9 cm³/mol. The molecule has 0 aliphatic heterocycles. The van der Waals surface area contributed by atoms with Crippen LogP contribution in [0.5, 0.6) is 0 Å². The van der Waals surface area contributed by atoms with Gasteiger partial charge in [0.05, 0.1) is 22.6 Å². The van der Waals surface area contributed by atoms with E-state index < -0.39 is 11.9 Å². The van der Waals surface area contributed by atoms with Crippen molar-refractivity contribution in [3.8, 4) is 5.69 Å². The highest BCUT2D eigenvalue weighted by atomic mass is 35.5. The smallest absolute Gasteiger partial charge is 0.266 e. The largest absolute Gasteiger partial charge is 0.322 e. The molecule has 0 aliphatic carbocycles. The zero-order chi connectivity index (χ0) is 15.9. The van der Waals surface area contributed by atoms with Crippen molar-refractivity contribution < 1.29 is 4.39 Å². The highest BCUT2D eigenvalue weighted by Gasteiger charge is 2.16. The molecular weight excluding hydrogens is 305 g/mol. The maximum Gasteiger partial charge on any atom is 0.266 e. The number of nitrogens with zero attached hydrogens (tertiary/aromatic N) is 2. The van der Waals surface area contributed by atoms with Gasteiger partial charge in [0.2, 0.25) is 0 Å². The third-order valence-electron chi connectivity index (χ3n) is 3.33. The van der Waals surface area contributed by atoms with Gasteiger partial charge in [0, 0.05) is 5.02 Å². The molecule has 0 saturated heterocycles. The van der Waals surface area contributed by atoms with E-state index in [0.717, 1.165) is 0 Å². The van der Waals surface area contributed by atoms with Crippen molar-refractivity contribution in [3.63, 3.8) is 0 Å². The Morgan fingerprint density at radius 2 is 2.05 bits per heavy atom. The standard InChI is InChI=1S/C16H13ClFN3O/c1-9(19)15-20-14-6-5-11(18)8-13(14)16(22)21(15)12-4-2-3-10(17)7-12/h2-9H,19H2,1H3/t9-/m0/s1. The highest BCUT2D eigenvalue weighted by molar-refractivity contribution is 6.30. The summed E-state index contributed by atoms with van der Waals surface area (Å²) in [6.07, 6.45) is 0. The molecule has 6 heteroatoms. The summed E-state index contributed by atoms with van der Waals surface area (Å²) in [5, 5.41) is 0.684. The summed E-state index contributed by atoms with van der Waals surface area (Å²) in [5.74, 6) is -0.0936. The Balaban J connectivity index is 2.43. The summed E-state index contributed by atoms with van der Waals surface area (Å²) in [6, 6.07) is 10.2. The molecule has 0 saturated carbocycles. The van der Waals surface area contributed by atoms with Gasteiger partial charge in [-0.15, -0.1) is 0 Å². The summed E-state index contributed by atoms with van der Waals surface area (Å²) in [4.78, 5) is 17.2. The lowest BCUT2D eigenvalue weighted by Crippen LogP contribution is -2.27. The van der Waals surface area contributed by atoms with Gasteiger partial charge in [-0.25, -0.2) is 9.37 Å². The van der Waals surface area contributed by atoms with Crippen LogP contribution in [0, 0.1) is 5.82 Å². The van der Waals surface area contributed by atoms with Gasteiger partial charge in [0.1, 0.15) is 11.6 Å². The number of benzene rings is 2. The second kappa shape index (κ2) is 5.51. The van der Waals surface area contributed by atoms with Gasteiger partial charge in [0.15, 0.2) is 0 Å². The van der Waals surface area contributed by atoms with Gasteiger partial charge in [-0.3, -0.25) is 9.36 Å². The quantitative estimate of drug-likeness (QED) is 0.789. The molecule has 4 nitrogen and oxygen atoms in total. The van der Waals surface area contributed by atoms with Crippen molar-refractivity contribution in [1.29, 1.82) is 0 Å². The lowest BCUT2D eigenvalue weighted by Gasteiger charge is -2.16. The van der Waals surface area contributed by atoms with Gasteiger partial charge < -0.3 is 5.73 Å². The van der Waals surface area contributed by atoms with Crippen LogP contribution in [-0.2, 0) is 0 Å². The molecule has 1 aromatic heterocycles. The van der Waals surface area contributed by atoms with E-state index in [1.807, 2.05) is 0 Å². The van der Waals surface area contributed by atoms with Crippen molar-refractivity contribution in [1.82, 2.24) is 9.55 Å². The Kier molecular flexibility index (Phi) is 3.68. The number of fused-ring (bicyclic) bond motifs is 1. The predicted octanol–water partition coefficient (Wildman–Crippen LogP) is 3.20. The lowest BCUT2D eigenvalue weighted by molar-refractivity contribution is 0.628. The van der Waals surface area contributed by atoms with E-state index in [1.165, 1.54) is 22.8 Å². The first-order valence-corrected chi connectivity index (χ1v) is 7.09. The maximum absolute atomic E-state index is 13.5. The second-order valence-electron chi connectivity index (χ2n) is 5.04. The van der Waals surface area contributed by atoms with Gasteiger partial charge in [-0.05, 0) is 43.3 Å². The maximum atomic E-state index is 13.5. The fraction of sp³-hybridized carbons (Fsp3) is 0.125. The number of aromatic nitrogens is 2. The zero-order valence-electron chi connectivity index (χ0n) is 11.8. The fourth-order valence-corrected chi connectivity index (χ4v) is 2.53. The molecule has 3 rings (SSSR count). The van der Waals surface area contributed by atoms with Gasteiger partial charge in [-0.2, -0.15) is 0 Å². The van der Waals surface area contributed by atoms with Crippen molar-refractivity contribution >= 4 is 22.5 Å². The normalized spacial score (nSPS) is 12.5. The Labute approximate surface area is 131 Å². The summed E-state index contributed by atoms with van der Waals surface area (Å²) < 4.78 is 14.8. The van der Waals surface area contributed by atoms with Crippen molar-refractivity contribution in [2.75, 3.05) is 0 Å². The first-order valence-electron chi connectivity index (χ1n) is 6.71. The van der Waals surface area contributed by atoms with Crippen LogP contribution in [0.3, 0.4) is 0 Å². The summed E-state index contributed by atoms with van der Waals surface area (Å²) >= 11 is 6.00. The Morgan fingerprint density at radius 3 is 2.73 bits per heavy atom. The molecule has 0 bridgehead atoms. The molecule has 112 valence electrons. The highest BCUT2D eigenvalue weighted by Crippen LogP contribution is 2.19. The molecule has 0 spiro atoms. The fourth-order valence-electron chi connectivity index (χ4n) is 2.35. The average molecular weight is 318 g/mol. The van der Waals surface area contributed by atoms with Crippen LogP contribution >= 0.6 is 11.6 Å². The summed E-state index contributed by atoms with van der Waals surface area (Å²) in [6.45, 7) is 1.73. The van der Waals surface area contributed by atoms with E-state index >= 15 is 0 Å². The molecular formula is C16H13ClFN3O. The second-order valence-corrected chi connectivity index (χ2v) is 5.48. The molecule has 1 heterocycles. The summed E-state index contributed by atoms with van der Waals surface area (Å²) in [5.41, 5.74) is 6.53. The van der Waals surface area contributed by atoms with Crippen LogP contribution < -0.4 is 11.3 Å². The van der Waals surface area contributed by atoms with Crippen LogP contribution in [-0.4, -0.2) is 9.55 Å². The zero-order valence-corrected chi connectivity index (χ0v) is 12.5. The van der Waals surface area contributed by atoms with Gasteiger partial charge in [0.25, 0.3) is 5.56 Å². The van der Waals surface area contributed by atoms with Crippen LogP contribution in [0.4, 0.5) is 4.39 Å². The monoisotopic (exact) mass is 317 g/mol. The van der Waals surface area contributed by atoms with Crippen molar-refractivity contribution in [3.05, 3.63) is 69.5 Å². The number of hydrogen-bond donors (Lipinski definition) is 1. The summed E-state index contributed by atoms with van der Waals surface area (Å²) in [7, 11) is 0. The van der Waals surface area contributed by atoms with Crippen molar-refractivity contribution in [2.45, 2.75) is 13.0 Å². The van der Waals surface area contributed by atoms with Gasteiger partial charge in [-0.1, -0.05) is 17.7 Å². The molecule has 2 aromatic carbocycles. The Hall–Kier alpha value is -2.24. The number of rotatable bonds is 2. The molecule has 2 N–H and O–H groups in total. The van der Waals surface area contributed by atoms with Crippen molar-refractivity contribution in [2.24, 2.45) is 5.73 Å². The van der Waals surface area contributed by atoms with Crippen LogP contribution in [0.25, 0.3) is 16.6 Å². The number of nitrogens with two attached hydrogens (primary N) is 1. The minimum absolute atomic E-state index is 0.198. The van der Waals surface area contributed by atoms with Crippen LogP contribution in [0.2, 0.25) is 5.02 Å². The Morgan fingerprint density at radius 1 is 1.27 bits per heavy atom. The van der Waals surface area contributed by atoms with E-state index in [-0.39, 0.29) is 10.9 Å². The molecule has 3 aromatic rings. The molecule has 0 amide bonds. The van der Waals surface area contributed by atoms with E-state index in [9.17, 15) is 9.18 Å². The molecule has 1 atom stereocenters. The number of hydrogen-bond acceptors (Lipinski definition) is 3. The average Bonchev–Trinajstić information content (AvgIpc) is 2.47. The number of halogens is 2. The molecule has 0 fully saturated rings. The van der Waals surface area contributed by atoms with Crippen LogP contribution in [0.1, 0.15) is 18.8 Å². The first-order chi connectivity index (χ1) is 10.5. The van der Waals surface area contributed by atoms with E-state index in [1.54, 1.807) is 31.2 Å². The van der Waals surface area contributed by atoms with E-state index in [2.05, 4.69) is 4.98 Å². The molecule has 0 unspecified atom stereocenters. The van der Waals surface area contributed by atoms with Gasteiger partial charge >= 0.3 is 0 Å². The lowest BCUT2D eigenvalue weighted by atomic mass is 10.2. The topological polar surface area (TPSA) is 60.9 Å².